The van der Waals surface area contributed by atoms with Gasteiger partial charge in [0.15, 0.2) is 0 Å². The molecule has 3 atom stereocenters. The van der Waals surface area contributed by atoms with Crippen molar-refractivity contribution in [2.24, 2.45) is 0 Å². The van der Waals surface area contributed by atoms with Crippen molar-refractivity contribution in [1.29, 1.82) is 0 Å². The van der Waals surface area contributed by atoms with Crippen molar-refractivity contribution in [1.82, 2.24) is 15.5 Å². The van der Waals surface area contributed by atoms with Gasteiger partial charge in [-0.1, -0.05) is 6.42 Å². The predicted molar refractivity (Wildman–Crippen MR) is 64.3 cm³/mol. The summed E-state index contributed by atoms with van der Waals surface area (Å²) in [5.41, 5.74) is 0. The van der Waals surface area contributed by atoms with Crippen molar-refractivity contribution < 1.29 is 4.79 Å². The van der Waals surface area contributed by atoms with E-state index < -0.39 is 0 Å². The molecule has 0 saturated carbocycles. The first-order valence-corrected chi connectivity index (χ1v) is 6.44. The Morgan fingerprint density at radius 1 is 1.31 bits per heavy atom. The summed E-state index contributed by atoms with van der Waals surface area (Å²) in [6.45, 7) is 4.28. The highest BCUT2D eigenvalue weighted by molar-refractivity contribution is 5.81. The van der Waals surface area contributed by atoms with Crippen LogP contribution < -0.4 is 10.6 Å². The Kier molecular flexibility index (Phi) is 3.82. The van der Waals surface area contributed by atoms with Gasteiger partial charge >= 0.3 is 0 Å². The Bertz CT molecular complexity index is 257. The Balaban J connectivity index is 1.88. The maximum atomic E-state index is 11.8. The molecule has 0 bridgehead atoms. The number of rotatable bonds is 3. The van der Waals surface area contributed by atoms with Crippen LogP contribution in [0.3, 0.4) is 0 Å². The largest absolute Gasteiger partial charge is 0.350 e. The van der Waals surface area contributed by atoms with Crippen molar-refractivity contribution in [3.63, 3.8) is 0 Å². The van der Waals surface area contributed by atoms with Gasteiger partial charge in [0, 0.05) is 18.6 Å². The summed E-state index contributed by atoms with van der Waals surface area (Å²) in [6, 6.07) is 0.892. The smallest absolute Gasteiger partial charge is 0.237 e. The molecule has 16 heavy (non-hydrogen) atoms. The Morgan fingerprint density at radius 3 is 2.88 bits per heavy atom. The van der Waals surface area contributed by atoms with Crippen molar-refractivity contribution in [2.45, 2.75) is 50.7 Å². The molecule has 2 saturated heterocycles. The van der Waals surface area contributed by atoms with Crippen molar-refractivity contribution in [3.8, 4) is 0 Å². The van der Waals surface area contributed by atoms with Crippen LogP contribution >= 0.6 is 0 Å². The SMILES string of the molecule is CNC(C)C(=O)NC1CCN2CCCCC12. The minimum absolute atomic E-state index is 0.0855. The quantitative estimate of drug-likeness (QED) is 0.728. The zero-order valence-electron chi connectivity index (χ0n) is 10.3. The van der Waals surface area contributed by atoms with Crippen LogP contribution in [-0.4, -0.2) is 49.1 Å². The number of carbonyl (C=O) groups is 1. The van der Waals surface area contributed by atoms with Crippen molar-refractivity contribution in [3.05, 3.63) is 0 Å². The van der Waals surface area contributed by atoms with E-state index in [0.717, 1.165) is 13.0 Å². The Morgan fingerprint density at radius 2 is 2.12 bits per heavy atom. The van der Waals surface area contributed by atoms with Crippen LogP contribution in [0.25, 0.3) is 0 Å². The first-order valence-electron chi connectivity index (χ1n) is 6.44. The van der Waals surface area contributed by atoms with E-state index in [1.807, 2.05) is 14.0 Å². The molecule has 0 spiro atoms. The molecule has 2 aliphatic heterocycles. The lowest BCUT2D eigenvalue weighted by Gasteiger charge is -2.32. The summed E-state index contributed by atoms with van der Waals surface area (Å²) in [5.74, 6) is 0.139. The summed E-state index contributed by atoms with van der Waals surface area (Å²) < 4.78 is 0. The second kappa shape index (κ2) is 5.15. The van der Waals surface area contributed by atoms with Gasteiger partial charge in [-0.25, -0.2) is 0 Å². The van der Waals surface area contributed by atoms with E-state index in [1.54, 1.807) is 0 Å². The lowest BCUT2D eigenvalue weighted by atomic mass is 9.99. The topological polar surface area (TPSA) is 44.4 Å². The lowest BCUT2D eigenvalue weighted by Crippen LogP contribution is -2.50. The van der Waals surface area contributed by atoms with E-state index in [-0.39, 0.29) is 11.9 Å². The second-order valence-corrected chi connectivity index (χ2v) is 5.01. The third-order valence-corrected chi connectivity index (χ3v) is 4.01. The normalized spacial score (nSPS) is 32.1. The van der Waals surface area contributed by atoms with Gasteiger partial charge in [0.1, 0.15) is 0 Å². The number of nitrogens with zero attached hydrogens (tertiary/aromatic N) is 1. The van der Waals surface area contributed by atoms with E-state index in [4.69, 9.17) is 0 Å². The number of nitrogens with one attached hydrogen (secondary N) is 2. The van der Waals surface area contributed by atoms with Gasteiger partial charge < -0.3 is 10.6 Å². The molecular weight excluding hydrogens is 202 g/mol. The third-order valence-electron chi connectivity index (χ3n) is 4.01. The number of hydrogen-bond acceptors (Lipinski definition) is 3. The lowest BCUT2D eigenvalue weighted by molar-refractivity contribution is -0.123. The van der Waals surface area contributed by atoms with Gasteiger partial charge in [0.2, 0.25) is 5.91 Å². The average Bonchev–Trinajstić information content (AvgIpc) is 2.72. The number of fused-ring (bicyclic) bond motifs is 1. The van der Waals surface area contributed by atoms with E-state index in [0.29, 0.717) is 12.1 Å². The molecule has 2 N–H and O–H groups in total. The fraction of sp³-hybridized carbons (Fsp3) is 0.917. The van der Waals surface area contributed by atoms with Gasteiger partial charge in [-0.3, -0.25) is 9.69 Å². The monoisotopic (exact) mass is 225 g/mol. The molecule has 0 aromatic rings. The van der Waals surface area contributed by atoms with Gasteiger partial charge in [-0.05, 0) is 39.8 Å². The highest BCUT2D eigenvalue weighted by Crippen LogP contribution is 2.27. The van der Waals surface area contributed by atoms with E-state index in [9.17, 15) is 4.79 Å². The van der Waals surface area contributed by atoms with Crippen LogP contribution in [-0.2, 0) is 4.79 Å². The summed E-state index contributed by atoms with van der Waals surface area (Å²) in [4.78, 5) is 14.4. The maximum absolute atomic E-state index is 11.8. The Labute approximate surface area is 97.8 Å². The molecule has 0 aliphatic carbocycles. The number of hydrogen-bond donors (Lipinski definition) is 2. The Hall–Kier alpha value is -0.610. The molecule has 1 amide bonds. The summed E-state index contributed by atoms with van der Waals surface area (Å²) in [7, 11) is 1.83. The fourth-order valence-electron chi connectivity index (χ4n) is 2.85. The van der Waals surface area contributed by atoms with Crippen molar-refractivity contribution >= 4 is 5.91 Å². The third kappa shape index (κ3) is 2.38. The molecule has 4 heteroatoms. The average molecular weight is 225 g/mol. The molecule has 92 valence electrons. The zero-order chi connectivity index (χ0) is 11.5. The van der Waals surface area contributed by atoms with Crippen LogP contribution in [0.2, 0.25) is 0 Å². The van der Waals surface area contributed by atoms with E-state index in [1.165, 1.54) is 25.8 Å². The molecule has 0 aromatic heterocycles. The minimum Gasteiger partial charge on any atom is -0.350 e. The van der Waals surface area contributed by atoms with Crippen LogP contribution in [0.1, 0.15) is 32.6 Å². The van der Waals surface area contributed by atoms with E-state index in [2.05, 4.69) is 15.5 Å². The van der Waals surface area contributed by atoms with Gasteiger partial charge in [0.05, 0.1) is 6.04 Å². The molecule has 2 rings (SSSR count). The first-order chi connectivity index (χ1) is 7.72. The first kappa shape index (κ1) is 11.9. The number of likely N-dealkylation sites (N-methyl/N-ethyl adjacent to an activating group) is 1. The molecule has 3 unspecified atom stereocenters. The van der Waals surface area contributed by atoms with E-state index >= 15 is 0 Å². The number of carbonyl (C=O) groups excluding carboxylic acids is 1. The maximum Gasteiger partial charge on any atom is 0.237 e. The molecule has 2 aliphatic rings. The molecular formula is C12H23N3O. The summed E-state index contributed by atoms with van der Waals surface area (Å²) in [6.07, 6.45) is 5.00. The van der Waals surface area contributed by atoms with Crippen LogP contribution in [0, 0.1) is 0 Å². The van der Waals surface area contributed by atoms with Gasteiger partial charge in [-0.2, -0.15) is 0 Å². The summed E-state index contributed by atoms with van der Waals surface area (Å²) in [5, 5.41) is 6.17. The molecule has 0 aromatic carbocycles. The predicted octanol–water partition coefficient (Wildman–Crippen LogP) is 0.337. The molecule has 2 heterocycles. The highest BCUT2D eigenvalue weighted by Gasteiger charge is 2.36. The van der Waals surface area contributed by atoms with Crippen molar-refractivity contribution in [2.75, 3.05) is 20.1 Å². The standard InChI is InChI=1S/C12H23N3O/c1-9(13-2)12(16)14-10-6-8-15-7-4-3-5-11(10)15/h9-11,13H,3-8H2,1-2H3,(H,14,16). The summed E-state index contributed by atoms with van der Waals surface area (Å²) >= 11 is 0. The second-order valence-electron chi connectivity index (χ2n) is 5.01. The molecule has 2 fully saturated rings. The molecule has 0 radical (unpaired) electrons. The van der Waals surface area contributed by atoms with Crippen LogP contribution in [0.4, 0.5) is 0 Å². The number of amides is 1. The molecule has 4 nitrogen and oxygen atoms in total. The van der Waals surface area contributed by atoms with Crippen LogP contribution in [0.15, 0.2) is 0 Å². The number of piperidine rings is 1. The minimum atomic E-state index is -0.0855. The fourth-order valence-corrected chi connectivity index (χ4v) is 2.85. The van der Waals surface area contributed by atoms with Gasteiger partial charge in [-0.15, -0.1) is 0 Å². The van der Waals surface area contributed by atoms with Crippen LogP contribution in [0.5, 0.6) is 0 Å². The van der Waals surface area contributed by atoms with Gasteiger partial charge in [0.25, 0.3) is 0 Å². The zero-order valence-corrected chi connectivity index (χ0v) is 10.3. The highest BCUT2D eigenvalue weighted by atomic mass is 16.2.